The predicted octanol–water partition coefficient (Wildman–Crippen LogP) is -1.96. The smallest absolute Gasteiger partial charge is 0.235 e. The second kappa shape index (κ2) is 14.1. The van der Waals surface area contributed by atoms with Gasteiger partial charge in [-0.2, -0.15) is 0 Å². The Morgan fingerprint density at radius 2 is 1.33 bits per heavy atom. The summed E-state index contributed by atoms with van der Waals surface area (Å²) in [4.78, 5) is 14.1. The van der Waals surface area contributed by atoms with Gasteiger partial charge in [-0.05, 0) is 50.2 Å². The summed E-state index contributed by atoms with van der Waals surface area (Å²) in [6.07, 6.45) is -20.7. The average Bonchev–Trinajstić information content (AvgIpc) is 3.08. The van der Waals surface area contributed by atoms with Gasteiger partial charge in [0.25, 0.3) is 0 Å². The van der Waals surface area contributed by atoms with Crippen LogP contribution in [0.3, 0.4) is 0 Å². The summed E-state index contributed by atoms with van der Waals surface area (Å²) < 4.78 is 40.3. The van der Waals surface area contributed by atoms with Gasteiger partial charge in [0.1, 0.15) is 65.9 Å². The average molecular weight is 695 g/mol. The number of aliphatic hydroxyl groups is 8. The van der Waals surface area contributed by atoms with Crippen LogP contribution in [0.25, 0.3) is 22.3 Å². The fourth-order valence-electron chi connectivity index (χ4n) is 5.80. The third-order valence-electron chi connectivity index (χ3n) is 8.78. The summed E-state index contributed by atoms with van der Waals surface area (Å²) in [5.74, 6) is -0.627. The van der Waals surface area contributed by atoms with Crippen LogP contribution in [-0.4, -0.2) is 139 Å². The van der Waals surface area contributed by atoms with Crippen molar-refractivity contribution in [2.75, 3.05) is 6.61 Å². The van der Waals surface area contributed by atoms with E-state index in [4.69, 9.17) is 32.8 Å². The Bertz CT molecular complexity index is 1660. The second-order valence-electron chi connectivity index (χ2n) is 12.3. The standard InChI is InChI=1S/C32H38O17/c1-11-19(35)23(39)26(42)31(44-11)46-15-7-8-16-18(9-15)47-27(13-3-5-14(33)6-4-13)28(21(16)37)48-32-29(24(40)20(36)12(2)45-32)49-30-25(41)22(38)17(34)10-43-30/h3-9,11-12,17,19-20,22-26,29-36,38-42H,10H2,1-2H3/t11-,12-,17-,19-,20-,22+,23-,24-,25-,26-,29-,30-,31+,32+/m1/s1. The lowest BCUT2D eigenvalue weighted by molar-refractivity contribution is -0.341. The Kier molecular flexibility index (Phi) is 10.2. The summed E-state index contributed by atoms with van der Waals surface area (Å²) in [6, 6.07) is 9.56. The number of fused-ring (bicyclic) bond motifs is 1. The van der Waals surface area contributed by atoms with Gasteiger partial charge in [0.05, 0.1) is 24.2 Å². The van der Waals surface area contributed by atoms with E-state index < -0.39 is 104 Å². The maximum absolute atomic E-state index is 14.1. The summed E-state index contributed by atoms with van der Waals surface area (Å²) >= 11 is 0. The van der Waals surface area contributed by atoms with E-state index in [0.717, 1.165) is 0 Å². The monoisotopic (exact) mass is 694 g/mol. The van der Waals surface area contributed by atoms with Crippen molar-refractivity contribution < 1.29 is 78.8 Å². The normalized spacial score (nSPS) is 38.3. The van der Waals surface area contributed by atoms with Crippen LogP contribution >= 0.6 is 0 Å². The van der Waals surface area contributed by atoms with E-state index in [0.29, 0.717) is 0 Å². The second-order valence-corrected chi connectivity index (χ2v) is 12.3. The van der Waals surface area contributed by atoms with E-state index in [2.05, 4.69) is 0 Å². The molecule has 0 unspecified atom stereocenters. The van der Waals surface area contributed by atoms with Crippen molar-refractivity contribution in [3.63, 3.8) is 0 Å². The van der Waals surface area contributed by atoms with Gasteiger partial charge in [0, 0.05) is 11.6 Å². The van der Waals surface area contributed by atoms with E-state index in [9.17, 15) is 50.8 Å². The van der Waals surface area contributed by atoms with Crippen LogP contribution in [0.15, 0.2) is 51.7 Å². The van der Waals surface area contributed by atoms with Crippen LogP contribution in [0, 0.1) is 0 Å². The molecule has 9 N–H and O–H groups in total. The SMILES string of the molecule is C[C@H]1O[C@@H](Oc2ccc3c(=O)c(O[C@@H]4O[C@H](C)[C@@H](O)[C@@H](O)[C@H]4O[C@H]4OC[C@@H](O)[C@H](O)[C@H]4O)c(-c4ccc(O)cc4)oc3c2)[C@H](O)[C@H](O)[C@@H]1O. The van der Waals surface area contributed by atoms with Crippen molar-refractivity contribution in [2.24, 2.45) is 0 Å². The molecule has 49 heavy (non-hydrogen) atoms. The Balaban J connectivity index is 1.37. The molecule has 0 radical (unpaired) electrons. The van der Waals surface area contributed by atoms with Crippen molar-refractivity contribution >= 4 is 11.0 Å². The summed E-state index contributed by atoms with van der Waals surface area (Å²) in [5.41, 5.74) is -0.510. The van der Waals surface area contributed by atoms with Gasteiger partial charge in [-0.1, -0.05) is 0 Å². The van der Waals surface area contributed by atoms with Crippen molar-refractivity contribution in [1.29, 1.82) is 0 Å². The highest BCUT2D eigenvalue weighted by Gasteiger charge is 2.49. The minimum absolute atomic E-state index is 0.0238. The van der Waals surface area contributed by atoms with Gasteiger partial charge in [-0.3, -0.25) is 4.79 Å². The number of ether oxygens (including phenoxy) is 6. The van der Waals surface area contributed by atoms with E-state index >= 15 is 0 Å². The molecule has 17 heteroatoms. The van der Waals surface area contributed by atoms with Crippen molar-refractivity contribution in [1.82, 2.24) is 0 Å². The van der Waals surface area contributed by atoms with Crippen molar-refractivity contribution in [3.8, 4) is 28.6 Å². The quantitative estimate of drug-likeness (QED) is 0.130. The molecule has 0 bridgehead atoms. The highest BCUT2D eigenvalue weighted by atomic mass is 16.8. The Morgan fingerprint density at radius 3 is 2.02 bits per heavy atom. The summed E-state index contributed by atoms with van der Waals surface area (Å²) in [7, 11) is 0. The van der Waals surface area contributed by atoms with Gasteiger partial charge >= 0.3 is 0 Å². The summed E-state index contributed by atoms with van der Waals surface area (Å²) in [6.45, 7) is 2.51. The lowest BCUT2D eigenvalue weighted by Gasteiger charge is -2.44. The maximum Gasteiger partial charge on any atom is 0.235 e. The highest BCUT2D eigenvalue weighted by molar-refractivity contribution is 5.83. The zero-order chi connectivity index (χ0) is 35.3. The fourth-order valence-corrected chi connectivity index (χ4v) is 5.80. The predicted molar refractivity (Wildman–Crippen MR) is 162 cm³/mol. The molecule has 4 heterocycles. The lowest BCUT2D eigenvalue weighted by atomic mass is 9.99. The largest absolute Gasteiger partial charge is 0.508 e. The molecule has 0 saturated carbocycles. The Hall–Kier alpha value is -3.43. The van der Waals surface area contributed by atoms with Crippen LogP contribution in [0.4, 0.5) is 0 Å². The number of hydrogen-bond acceptors (Lipinski definition) is 17. The van der Waals surface area contributed by atoms with Gasteiger partial charge in [-0.15, -0.1) is 0 Å². The number of phenolic OH excluding ortho intramolecular Hbond substituents is 1. The van der Waals surface area contributed by atoms with Crippen LogP contribution < -0.4 is 14.9 Å². The molecule has 3 saturated heterocycles. The van der Waals surface area contributed by atoms with E-state index in [1.165, 1.54) is 56.3 Å². The number of hydrogen-bond donors (Lipinski definition) is 9. The van der Waals surface area contributed by atoms with E-state index in [-0.39, 0.29) is 33.8 Å². The molecule has 0 amide bonds. The molecule has 1 aromatic heterocycles. The van der Waals surface area contributed by atoms with Gasteiger partial charge < -0.3 is 78.8 Å². The van der Waals surface area contributed by atoms with Crippen LogP contribution in [0.1, 0.15) is 13.8 Å². The number of benzene rings is 2. The van der Waals surface area contributed by atoms with Gasteiger partial charge in [-0.25, -0.2) is 0 Å². The highest BCUT2D eigenvalue weighted by Crippen LogP contribution is 2.36. The third kappa shape index (κ3) is 6.85. The molecular weight excluding hydrogens is 656 g/mol. The lowest BCUT2D eigenvalue weighted by Crippen LogP contribution is -2.62. The van der Waals surface area contributed by atoms with E-state index in [1.54, 1.807) is 0 Å². The third-order valence-corrected chi connectivity index (χ3v) is 8.78. The van der Waals surface area contributed by atoms with Crippen molar-refractivity contribution in [2.45, 2.75) is 99.9 Å². The molecule has 14 atom stereocenters. The minimum atomic E-state index is -1.76. The Labute approximate surface area is 277 Å². The number of phenols is 1. The first kappa shape index (κ1) is 35.4. The zero-order valence-electron chi connectivity index (χ0n) is 26.1. The maximum atomic E-state index is 14.1. The van der Waals surface area contributed by atoms with Crippen LogP contribution in [0.2, 0.25) is 0 Å². The van der Waals surface area contributed by atoms with Gasteiger partial charge in [0.2, 0.25) is 23.8 Å². The molecule has 3 aliphatic rings. The van der Waals surface area contributed by atoms with Gasteiger partial charge in [0.15, 0.2) is 18.2 Å². The first-order valence-corrected chi connectivity index (χ1v) is 15.5. The molecular formula is C32H38O17. The first-order valence-electron chi connectivity index (χ1n) is 15.5. The topological polar surface area (TPSA) is 268 Å². The molecule has 0 spiro atoms. The molecule has 2 aromatic carbocycles. The van der Waals surface area contributed by atoms with E-state index in [1.807, 2.05) is 0 Å². The molecule has 0 aliphatic carbocycles. The molecule has 3 aliphatic heterocycles. The number of aromatic hydroxyl groups is 1. The minimum Gasteiger partial charge on any atom is -0.508 e. The molecule has 6 rings (SSSR count). The Morgan fingerprint density at radius 1 is 0.694 bits per heavy atom. The fraction of sp³-hybridized carbons (Fsp3) is 0.531. The first-order chi connectivity index (χ1) is 23.2. The number of aliphatic hydroxyl groups excluding tert-OH is 8. The van der Waals surface area contributed by atoms with Crippen molar-refractivity contribution in [3.05, 3.63) is 52.7 Å². The molecule has 17 nitrogen and oxygen atoms in total. The molecule has 268 valence electrons. The molecule has 3 aromatic rings. The number of rotatable bonds is 7. The molecule has 3 fully saturated rings. The van der Waals surface area contributed by atoms with Crippen LogP contribution in [0.5, 0.6) is 17.2 Å². The zero-order valence-corrected chi connectivity index (χ0v) is 26.1. The van der Waals surface area contributed by atoms with Crippen LogP contribution in [-0.2, 0) is 18.9 Å². The summed E-state index contributed by atoms with van der Waals surface area (Å²) in [5, 5.41) is 92.4.